The van der Waals surface area contributed by atoms with E-state index in [1.807, 2.05) is 0 Å². The maximum atomic E-state index is 9.59. The summed E-state index contributed by atoms with van der Waals surface area (Å²) in [6.07, 6.45) is 9.31. The molecule has 0 bridgehead atoms. The molecule has 110 valence electrons. The largest absolute Gasteiger partial charge is 0.389 e. The normalized spacial score (nSPS) is 39.8. The van der Waals surface area contributed by atoms with Gasteiger partial charge in [0.1, 0.15) is 0 Å². The fourth-order valence-electron chi connectivity index (χ4n) is 4.05. The number of rotatable bonds is 2. The van der Waals surface area contributed by atoms with E-state index in [0.29, 0.717) is 19.2 Å². The minimum atomic E-state index is -0.576. The summed E-state index contributed by atoms with van der Waals surface area (Å²) in [6, 6.07) is 0. The highest BCUT2D eigenvalue weighted by molar-refractivity contribution is 4.93. The van der Waals surface area contributed by atoms with Gasteiger partial charge in [0, 0.05) is 19.6 Å². The quantitative estimate of drug-likeness (QED) is 0.793. The van der Waals surface area contributed by atoms with Crippen LogP contribution in [0.3, 0.4) is 0 Å². The van der Waals surface area contributed by atoms with Crippen LogP contribution in [-0.4, -0.2) is 58.7 Å². The van der Waals surface area contributed by atoms with Crippen molar-refractivity contribution in [2.24, 2.45) is 0 Å². The van der Waals surface area contributed by atoms with Gasteiger partial charge in [0.25, 0.3) is 0 Å². The fourth-order valence-corrected chi connectivity index (χ4v) is 4.05. The van der Waals surface area contributed by atoms with E-state index in [4.69, 9.17) is 4.74 Å². The van der Waals surface area contributed by atoms with Gasteiger partial charge in [0.2, 0.25) is 0 Å². The zero-order valence-corrected chi connectivity index (χ0v) is 11.8. The van der Waals surface area contributed by atoms with Crippen molar-refractivity contribution in [3.63, 3.8) is 0 Å². The van der Waals surface area contributed by atoms with Crippen LogP contribution in [0.4, 0.5) is 0 Å². The highest BCUT2D eigenvalue weighted by atomic mass is 16.5. The van der Waals surface area contributed by atoms with Gasteiger partial charge in [-0.1, -0.05) is 25.7 Å². The van der Waals surface area contributed by atoms with Gasteiger partial charge in [-0.3, -0.25) is 4.90 Å². The van der Waals surface area contributed by atoms with Crippen molar-refractivity contribution in [1.82, 2.24) is 4.90 Å². The number of ether oxygens (including phenoxy) is 1. The number of aliphatic hydroxyl groups is 2. The molecule has 19 heavy (non-hydrogen) atoms. The van der Waals surface area contributed by atoms with Crippen LogP contribution >= 0.6 is 0 Å². The molecule has 0 aromatic heterocycles. The summed E-state index contributed by atoms with van der Waals surface area (Å²) in [6.45, 7) is 2.05. The van der Waals surface area contributed by atoms with Crippen LogP contribution in [0.25, 0.3) is 0 Å². The molecule has 2 saturated heterocycles. The van der Waals surface area contributed by atoms with Crippen molar-refractivity contribution in [1.29, 1.82) is 0 Å². The van der Waals surface area contributed by atoms with E-state index in [1.165, 1.54) is 44.9 Å². The Hall–Kier alpha value is -0.160. The maximum Gasteiger partial charge on any atom is 0.0938 e. The van der Waals surface area contributed by atoms with Gasteiger partial charge < -0.3 is 14.9 Å². The lowest BCUT2D eigenvalue weighted by atomic mass is 9.91. The van der Waals surface area contributed by atoms with Crippen LogP contribution in [0.15, 0.2) is 0 Å². The molecule has 0 aromatic rings. The van der Waals surface area contributed by atoms with Gasteiger partial charge in [-0.05, 0) is 25.7 Å². The number of hydrogen-bond donors (Lipinski definition) is 2. The van der Waals surface area contributed by atoms with Crippen LogP contribution in [0.5, 0.6) is 0 Å². The Labute approximate surface area is 115 Å². The average Bonchev–Trinajstić information content (AvgIpc) is 2.80. The summed E-state index contributed by atoms with van der Waals surface area (Å²) in [5.41, 5.74) is 0.165. The minimum absolute atomic E-state index is 0.165. The smallest absolute Gasteiger partial charge is 0.0938 e. The zero-order valence-electron chi connectivity index (χ0n) is 11.8. The molecule has 1 aliphatic carbocycles. The molecule has 1 spiro atoms. The molecule has 1 saturated carbocycles. The molecule has 4 heteroatoms. The molecular weight excluding hydrogens is 242 g/mol. The molecule has 2 N–H and O–H groups in total. The van der Waals surface area contributed by atoms with Crippen molar-refractivity contribution in [3.8, 4) is 0 Å². The van der Waals surface area contributed by atoms with E-state index < -0.39 is 12.2 Å². The summed E-state index contributed by atoms with van der Waals surface area (Å²) in [5, 5.41) is 19.2. The molecule has 0 amide bonds. The van der Waals surface area contributed by atoms with E-state index >= 15 is 0 Å². The average molecular weight is 269 g/mol. The first-order valence-corrected chi connectivity index (χ1v) is 7.93. The lowest BCUT2D eigenvalue weighted by molar-refractivity contribution is -0.0593. The van der Waals surface area contributed by atoms with Gasteiger partial charge in [0.15, 0.2) is 0 Å². The number of β-amino-alcohol motifs (C(OH)–C–C–N with tert-alkyl or cyclic N) is 2. The highest BCUT2D eigenvalue weighted by Gasteiger charge is 2.41. The molecule has 3 atom stereocenters. The molecular formula is C15H27NO3. The topological polar surface area (TPSA) is 52.9 Å². The van der Waals surface area contributed by atoms with E-state index in [9.17, 15) is 10.2 Å². The third-order valence-electron chi connectivity index (χ3n) is 5.15. The van der Waals surface area contributed by atoms with Crippen LogP contribution in [0.2, 0.25) is 0 Å². The van der Waals surface area contributed by atoms with Crippen molar-refractivity contribution in [2.45, 2.75) is 75.3 Å². The molecule has 0 aromatic carbocycles. The van der Waals surface area contributed by atoms with Crippen molar-refractivity contribution in [3.05, 3.63) is 0 Å². The second-order valence-electron chi connectivity index (χ2n) is 6.73. The summed E-state index contributed by atoms with van der Waals surface area (Å²) in [4.78, 5) is 2.15. The number of likely N-dealkylation sites (tertiary alicyclic amines) is 1. The molecule has 0 radical (unpaired) electrons. The monoisotopic (exact) mass is 269 g/mol. The Morgan fingerprint density at radius 2 is 1.58 bits per heavy atom. The predicted molar refractivity (Wildman–Crippen MR) is 73.0 cm³/mol. The van der Waals surface area contributed by atoms with Crippen LogP contribution < -0.4 is 0 Å². The standard InChI is InChI=1S/C15H27NO3/c17-13-10-16(11-14(13)18)9-12-5-8-15(19-12)6-3-1-2-4-7-15/h12-14,17-18H,1-11H2/t12?,13-,14+. The van der Waals surface area contributed by atoms with Crippen molar-refractivity contribution in [2.75, 3.05) is 19.6 Å². The molecule has 4 nitrogen and oxygen atoms in total. The maximum absolute atomic E-state index is 9.59. The number of aliphatic hydroxyl groups excluding tert-OH is 2. The first-order valence-electron chi connectivity index (χ1n) is 7.93. The third-order valence-corrected chi connectivity index (χ3v) is 5.15. The second kappa shape index (κ2) is 5.68. The molecule has 1 unspecified atom stereocenters. The van der Waals surface area contributed by atoms with Crippen LogP contribution in [-0.2, 0) is 4.74 Å². The Kier molecular flexibility index (Phi) is 4.13. The third kappa shape index (κ3) is 3.13. The van der Waals surface area contributed by atoms with Crippen LogP contribution in [0, 0.1) is 0 Å². The zero-order chi connectivity index (χ0) is 13.3. The first kappa shape index (κ1) is 13.8. The van der Waals surface area contributed by atoms with Gasteiger partial charge in [-0.15, -0.1) is 0 Å². The number of nitrogens with zero attached hydrogens (tertiary/aromatic N) is 1. The fraction of sp³-hybridized carbons (Fsp3) is 1.00. The second-order valence-corrected chi connectivity index (χ2v) is 6.73. The molecule has 2 heterocycles. The Morgan fingerprint density at radius 1 is 0.947 bits per heavy atom. The molecule has 3 fully saturated rings. The predicted octanol–water partition coefficient (Wildman–Crippen LogP) is 1.30. The van der Waals surface area contributed by atoms with E-state index in [0.717, 1.165) is 13.0 Å². The van der Waals surface area contributed by atoms with Gasteiger partial charge in [-0.2, -0.15) is 0 Å². The summed E-state index contributed by atoms with van der Waals surface area (Å²) < 4.78 is 6.40. The molecule has 2 aliphatic heterocycles. The Morgan fingerprint density at radius 3 is 2.21 bits per heavy atom. The van der Waals surface area contributed by atoms with Gasteiger partial charge >= 0.3 is 0 Å². The van der Waals surface area contributed by atoms with Crippen molar-refractivity contribution < 1.29 is 14.9 Å². The SMILES string of the molecule is O[C@@H]1CN(CC2CCC3(CCCCCC3)O2)C[C@@H]1O. The summed E-state index contributed by atoms with van der Waals surface area (Å²) >= 11 is 0. The van der Waals surface area contributed by atoms with E-state index in [-0.39, 0.29) is 5.60 Å². The van der Waals surface area contributed by atoms with E-state index in [1.54, 1.807) is 0 Å². The summed E-state index contributed by atoms with van der Waals surface area (Å²) in [5.74, 6) is 0. The first-order chi connectivity index (χ1) is 9.17. The van der Waals surface area contributed by atoms with Gasteiger partial charge in [0.05, 0.1) is 23.9 Å². The van der Waals surface area contributed by atoms with Crippen molar-refractivity contribution >= 4 is 0 Å². The molecule has 3 rings (SSSR count). The Balaban J connectivity index is 1.51. The van der Waals surface area contributed by atoms with Crippen LogP contribution in [0.1, 0.15) is 51.4 Å². The minimum Gasteiger partial charge on any atom is -0.389 e. The lowest BCUT2D eigenvalue weighted by Crippen LogP contribution is -2.35. The summed E-state index contributed by atoms with van der Waals surface area (Å²) in [7, 11) is 0. The van der Waals surface area contributed by atoms with E-state index in [2.05, 4.69) is 4.90 Å². The number of hydrogen-bond acceptors (Lipinski definition) is 4. The Bertz CT molecular complexity index is 292. The molecule has 3 aliphatic rings. The highest BCUT2D eigenvalue weighted by Crippen LogP contribution is 2.41. The lowest BCUT2D eigenvalue weighted by Gasteiger charge is -2.29. The van der Waals surface area contributed by atoms with Gasteiger partial charge in [-0.25, -0.2) is 0 Å².